The van der Waals surface area contributed by atoms with Crippen molar-refractivity contribution in [1.82, 2.24) is 24.5 Å². The minimum Gasteiger partial charge on any atom is -0.346 e. The fourth-order valence-corrected chi connectivity index (χ4v) is 3.53. The molecule has 0 aliphatic rings. The fourth-order valence-electron chi connectivity index (χ4n) is 2.65. The highest BCUT2D eigenvalue weighted by molar-refractivity contribution is 8.00. The lowest BCUT2D eigenvalue weighted by Crippen LogP contribution is -2.38. The second-order valence-corrected chi connectivity index (χ2v) is 7.24. The van der Waals surface area contributed by atoms with E-state index in [1.54, 1.807) is 34.7 Å². The number of hydrogen-bond donors (Lipinski definition) is 1. The minimum absolute atomic E-state index is 0.206. The number of halogens is 3. The summed E-state index contributed by atoms with van der Waals surface area (Å²) in [6.45, 7) is 3.91. The summed E-state index contributed by atoms with van der Waals surface area (Å²) in [5.41, 5.74) is 0.279. The van der Waals surface area contributed by atoms with Gasteiger partial charge in [-0.25, -0.2) is 0 Å². The van der Waals surface area contributed by atoms with Crippen LogP contribution in [0, 0.1) is 0 Å². The first-order chi connectivity index (χ1) is 13.2. The standard InChI is InChI=1S/C17H16F3N5O2S/c1-3-8-24-14(27)11-6-4-5-7-12(11)25-15(24)22-23-16(25)28-10(2)13(26)21-9-17(18,19)20/h3-7,10H,1,8-9H2,2H3,(H,21,26). The topological polar surface area (TPSA) is 81.3 Å². The smallest absolute Gasteiger partial charge is 0.346 e. The van der Waals surface area contributed by atoms with Crippen LogP contribution in [0.3, 0.4) is 0 Å². The first-order valence-corrected chi connectivity index (χ1v) is 9.09. The van der Waals surface area contributed by atoms with Gasteiger partial charge in [0.25, 0.3) is 5.56 Å². The number of benzene rings is 1. The summed E-state index contributed by atoms with van der Waals surface area (Å²) in [6, 6.07) is 6.83. The number of thioether (sulfide) groups is 1. The van der Waals surface area contributed by atoms with Crippen molar-refractivity contribution in [2.75, 3.05) is 6.54 Å². The number of hydrogen-bond acceptors (Lipinski definition) is 5. The normalized spacial score (nSPS) is 13.0. The molecule has 0 radical (unpaired) electrons. The monoisotopic (exact) mass is 411 g/mol. The van der Waals surface area contributed by atoms with E-state index >= 15 is 0 Å². The van der Waals surface area contributed by atoms with Crippen molar-refractivity contribution in [1.29, 1.82) is 0 Å². The van der Waals surface area contributed by atoms with E-state index in [9.17, 15) is 22.8 Å². The molecular formula is C17H16F3N5O2S. The number of allylic oxidation sites excluding steroid dienone is 1. The van der Waals surface area contributed by atoms with Crippen LogP contribution in [-0.4, -0.2) is 43.0 Å². The summed E-state index contributed by atoms with van der Waals surface area (Å²) < 4.78 is 39.9. The summed E-state index contributed by atoms with van der Waals surface area (Å²) in [5.74, 6) is -0.517. The van der Waals surface area contributed by atoms with Crippen LogP contribution in [0.25, 0.3) is 16.7 Å². The number of fused-ring (bicyclic) bond motifs is 3. The summed E-state index contributed by atoms with van der Waals surface area (Å²) in [4.78, 5) is 24.7. The van der Waals surface area contributed by atoms with E-state index in [0.29, 0.717) is 16.1 Å². The highest BCUT2D eigenvalue weighted by atomic mass is 32.2. The van der Waals surface area contributed by atoms with Crippen LogP contribution in [0.1, 0.15) is 6.92 Å². The van der Waals surface area contributed by atoms with Gasteiger partial charge >= 0.3 is 6.18 Å². The molecule has 0 fully saturated rings. The van der Waals surface area contributed by atoms with Crippen molar-refractivity contribution >= 4 is 34.3 Å². The van der Waals surface area contributed by atoms with Gasteiger partial charge in [0.1, 0.15) is 6.54 Å². The molecule has 1 amide bonds. The van der Waals surface area contributed by atoms with Gasteiger partial charge in [-0.05, 0) is 19.1 Å². The molecule has 7 nitrogen and oxygen atoms in total. The van der Waals surface area contributed by atoms with Crippen LogP contribution >= 0.6 is 11.8 Å². The van der Waals surface area contributed by atoms with Crippen LogP contribution in [0.5, 0.6) is 0 Å². The third-order valence-electron chi connectivity index (χ3n) is 3.90. The Labute approximate surface area is 161 Å². The zero-order valence-corrected chi connectivity index (χ0v) is 15.5. The molecular weight excluding hydrogens is 395 g/mol. The number of amides is 1. The van der Waals surface area contributed by atoms with Gasteiger partial charge < -0.3 is 5.32 Å². The molecule has 3 rings (SSSR count). The second kappa shape index (κ2) is 7.66. The van der Waals surface area contributed by atoms with Crippen molar-refractivity contribution in [3.8, 4) is 0 Å². The molecule has 11 heteroatoms. The van der Waals surface area contributed by atoms with Gasteiger partial charge in [0, 0.05) is 6.54 Å². The predicted molar refractivity (Wildman–Crippen MR) is 99.3 cm³/mol. The molecule has 0 bridgehead atoms. The van der Waals surface area contributed by atoms with E-state index in [0.717, 1.165) is 11.8 Å². The van der Waals surface area contributed by atoms with E-state index in [2.05, 4.69) is 16.8 Å². The van der Waals surface area contributed by atoms with Gasteiger partial charge in [-0.2, -0.15) is 13.2 Å². The van der Waals surface area contributed by atoms with Crippen molar-refractivity contribution in [2.24, 2.45) is 0 Å². The Kier molecular flexibility index (Phi) is 5.45. The Hall–Kier alpha value is -2.82. The average Bonchev–Trinajstić information content (AvgIpc) is 3.06. The predicted octanol–water partition coefficient (Wildman–Crippen LogP) is 2.39. The van der Waals surface area contributed by atoms with Gasteiger partial charge in [0.15, 0.2) is 5.16 Å². The van der Waals surface area contributed by atoms with Gasteiger partial charge in [0.05, 0.1) is 16.2 Å². The van der Waals surface area contributed by atoms with Gasteiger partial charge in [-0.15, -0.1) is 16.8 Å². The lowest BCUT2D eigenvalue weighted by atomic mass is 10.2. The summed E-state index contributed by atoms with van der Waals surface area (Å²) in [7, 11) is 0. The van der Waals surface area contributed by atoms with Crippen LogP contribution in [0.4, 0.5) is 13.2 Å². The molecule has 0 spiro atoms. The van der Waals surface area contributed by atoms with Crippen molar-refractivity contribution < 1.29 is 18.0 Å². The molecule has 148 valence electrons. The summed E-state index contributed by atoms with van der Waals surface area (Å²) in [6.07, 6.45) is -2.94. The Balaban J connectivity index is 2.02. The number of para-hydroxylation sites is 1. The summed E-state index contributed by atoms with van der Waals surface area (Å²) >= 11 is 0.955. The van der Waals surface area contributed by atoms with Crippen LogP contribution < -0.4 is 10.9 Å². The lowest BCUT2D eigenvalue weighted by Gasteiger charge is -2.13. The molecule has 1 aromatic carbocycles. The number of carbonyl (C=O) groups excluding carboxylic acids is 1. The van der Waals surface area contributed by atoms with Crippen LogP contribution in [0.2, 0.25) is 0 Å². The van der Waals surface area contributed by atoms with Crippen molar-refractivity contribution in [3.63, 3.8) is 0 Å². The van der Waals surface area contributed by atoms with E-state index in [1.807, 2.05) is 5.32 Å². The molecule has 0 saturated heterocycles. The highest BCUT2D eigenvalue weighted by Gasteiger charge is 2.29. The molecule has 0 aliphatic heterocycles. The Morgan fingerprint density at radius 3 is 2.75 bits per heavy atom. The first-order valence-electron chi connectivity index (χ1n) is 8.21. The molecule has 1 N–H and O–H groups in total. The third-order valence-corrected chi connectivity index (χ3v) is 4.95. The molecule has 28 heavy (non-hydrogen) atoms. The van der Waals surface area contributed by atoms with Crippen molar-refractivity contribution in [3.05, 3.63) is 47.3 Å². The van der Waals surface area contributed by atoms with E-state index in [4.69, 9.17) is 0 Å². The molecule has 1 unspecified atom stereocenters. The van der Waals surface area contributed by atoms with E-state index < -0.39 is 23.9 Å². The Bertz CT molecular complexity index is 1110. The largest absolute Gasteiger partial charge is 0.405 e. The number of aromatic nitrogens is 4. The zero-order chi connectivity index (χ0) is 20.5. The molecule has 2 heterocycles. The van der Waals surface area contributed by atoms with Gasteiger partial charge in [0.2, 0.25) is 11.7 Å². The zero-order valence-electron chi connectivity index (χ0n) is 14.7. The maximum absolute atomic E-state index is 12.7. The van der Waals surface area contributed by atoms with Crippen LogP contribution in [0.15, 0.2) is 46.9 Å². The molecule has 0 aliphatic carbocycles. The molecule has 1 atom stereocenters. The molecule has 0 saturated carbocycles. The fraction of sp³-hybridized carbons (Fsp3) is 0.294. The number of nitrogens with zero attached hydrogens (tertiary/aromatic N) is 4. The highest BCUT2D eigenvalue weighted by Crippen LogP contribution is 2.25. The van der Waals surface area contributed by atoms with Gasteiger partial charge in [-0.1, -0.05) is 30.0 Å². The Morgan fingerprint density at radius 2 is 2.07 bits per heavy atom. The SMILES string of the molecule is C=CCn1c(=O)c2ccccc2n2c(SC(C)C(=O)NCC(F)(F)F)nnc12. The summed E-state index contributed by atoms with van der Waals surface area (Å²) in [5, 5.41) is 9.79. The number of alkyl halides is 3. The average molecular weight is 411 g/mol. The van der Waals surface area contributed by atoms with Gasteiger partial charge in [-0.3, -0.25) is 18.6 Å². The quantitative estimate of drug-likeness (QED) is 0.498. The van der Waals surface area contributed by atoms with E-state index in [1.165, 1.54) is 11.5 Å². The third kappa shape index (κ3) is 3.88. The maximum Gasteiger partial charge on any atom is 0.405 e. The number of nitrogens with one attached hydrogen (secondary N) is 1. The van der Waals surface area contributed by atoms with E-state index in [-0.39, 0.29) is 17.9 Å². The lowest BCUT2D eigenvalue weighted by molar-refractivity contribution is -0.137. The number of rotatable bonds is 6. The number of carbonyl (C=O) groups is 1. The first kappa shape index (κ1) is 19.9. The van der Waals surface area contributed by atoms with Crippen molar-refractivity contribution in [2.45, 2.75) is 30.1 Å². The second-order valence-electron chi connectivity index (χ2n) is 5.93. The minimum atomic E-state index is -4.49. The molecule has 2 aromatic heterocycles. The van der Waals surface area contributed by atoms with Crippen LogP contribution in [-0.2, 0) is 11.3 Å². The Morgan fingerprint density at radius 1 is 1.36 bits per heavy atom. The maximum atomic E-state index is 12.7. The molecule has 3 aromatic rings.